The summed E-state index contributed by atoms with van der Waals surface area (Å²) in [6, 6.07) is 12.5. The van der Waals surface area contributed by atoms with Crippen molar-refractivity contribution in [3.05, 3.63) is 93.6 Å². The summed E-state index contributed by atoms with van der Waals surface area (Å²) in [6.07, 6.45) is 1.09. The summed E-state index contributed by atoms with van der Waals surface area (Å²) in [6.45, 7) is 16.7. The third-order valence-electron chi connectivity index (χ3n) is 5.12. The second-order valence-electron chi connectivity index (χ2n) is 7.12. The van der Waals surface area contributed by atoms with Crippen LogP contribution < -0.4 is 0 Å². The molecule has 2 aromatic carbocycles. The number of rotatable bonds is 1. The van der Waals surface area contributed by atoms with Crippen molar-refractivity contribution in [2.75, 3.05) is 0 Å². The number of halogens is 2. The summed E-state index contributed by atoms with van der Waals surface area (Å²) >= 11 is 0. The first kappa shape index (κ1) is 29.1. The molecule has 150 valence electrons. The van der Waals surface area contributed by atoms with Gasteiger partial charge in [0.2, 0.25) is 0 Å². The molecule has 3 rings (SSSR count). The van der Waals surface area contributed by atoms with Gasteiger partial charge in [-0.2, -0.15) is 18.6 Å². The average Bonchev–Trinajstić information content (AvgIpc) is 2.81. The fourth-order valence-electron chi connectivity index (χ4n) is 3.37. The van der Waals surface area contributed by atoms with Gasteiger partial charge in [0.15, 0.2) is 0 Å². The van der Waals surface area contributed by atoms with E-state index in [1.807, 2.05) is 32.0 Å². The van der Waals surface area contributed by atoms with Gasteiger partial charge in [0, 0.05) is 0 Å². The maximum absolute atomic E-state index is 7.54. The van der Waals surface area contributed by atoms with E-state index in [9.17, 15) is 0 Å². The van der Waals surface area contributed by atoms with Gasteiger partial charge in [-0.15, -0.1) is 48.2 Å². The van der Waals surface area contributed by atoms with Gasteiger partial charge in [-0.25, -0.2) is 0 Å². The van der Waals surface area contributed by atoms with Gasteiger partial charge in [-0.05, 0) is 53.5 Å². The van der Waals surface area contributed by atoms with Crippen molar-refractivity contribution >= 4 is 36.1 Å². The van der Waals surface area contributed by atoms with Crippen molar-refractivity contribution in [1.82, 2.24) is 0 Å². The largest absolute Gasteiger partial charge is 2.00 e. The quantitative estimate of drug-likeness (QED) is 0.306. The molecule has 0 saturated carbocycles. The molecular weight excluding hydrogens is 421 g/mol. The van der Waals surface area contributed by atoms with Gasteiger partial charge in [0.05, 0.1) is 0 Å². The summed E-state index contributed by atoms with van der Waals surface area (Å²) in [5.41, 5.74) is 19.9. The van der Waals surface area contributed by atoms with Gasteiger partial charge in [0.1, 0.15) is 0 Å². The SMILES string of the molecule is Cc1cc(C)c([NH-])c(C)c1.Cl.Cl.[CH2-]c1ccccc1C1=C(C)C(C)=C(C)C1.[Ti+2]. The molecule has 0 aliphatic heterocycles. The van der Waals surface area contributed by atoms with Gasteiger partial charge in [-0.1, -0.05) is 51.6 Å². The molecule has 0 aromatic heterocycles. The molecule has 0 spiro atoms. The van der Waals surface area contributed by atoms with Crippen LogP contribution in [0.2, 0.25) is 0 Å². The minimum atomic E-state index is 0. The number of nitrogens with one attached hydrogen (secondary N) is 1. The molecule has 2 aromatic rings. The molecule has 1 aliphatic rings. The molecule has 0 unspecified atom stereocenters. The molecule has 0 amide bonds. The van der Waals surface area contributed by atoms with E-state index in [4.69, 9.17) is 5.73 Å². The van der Waals surface area contributed by atoms with E-state index >= 15 is 0 Å². The van der Waals surface area contributed by atoms with E-state index in [2.05, 4.69) is 52.8 Å². The monoisotopic (exact) mass is 451 g/mol. The molecule has 0 fully saturated rings. The number of hydrogen-bond acceptors (Lipinski definition) is 0. The van der Waals surface area contributed by atoms with Crippen molar-refractivity contribution in [2.45, 2.75) is 48.0 Å². The van der Waals surface area contributed by atoms with Gasteiger partial charge in [-0.3, -0.25) is 0 Å². The van der Waals surface area contributed by atoms with Crippen LogP contribution in [0.15, 0.2) is 53.1 Å². The van der Waals surface area contributed by atoms with Gasteiger partial charge in [0.25, 0.3) is 0 Å². The molecule has 4 heteroatoms. The molecule has 1 aliphatic carbocycles. The second-order valence-corrected chi connectivity index (χ2v) is 7.12. The molecule has 0 radical (unpaired) electrons. The second kappa shape index (κ2) is 12.4. The zero-order valence-electron chi connectivity index (χ0n) is 17.7. The molecule has 1 nitrogen and oxygen atoms in total. The number of allylic oxidation sites excluding steroid dienone is 4. The Morgan fingerprint density at radius 3 is 1.75 bits per heavy atom. The van der Waals surface area contributed by atoms with E-state index in [0.717, 1.165) is 23.1 Å². The van der Waals surface area contributed by atoms with Crippen LogP contribution in [0.3, 0.4) is 0 Å². The summed E-state index contributed by atoms with van der Waals surface area (Å²) in [5, 5.41) is 0. The Morgan fingerprint density at radius 1 is 0.821 bits per heavy atom. The third-order valence-corrected chi connectivity index (χ3v) is 5.12. The van der Waals surface area contributed by atoms with E-state index < -0.39 is 0 Å². The van der Waals surface area contributed by atoms with Crippen LogP contribution in [-0.2, 0) is 21.7 Å². The number of hydrogen-bond donors (Lipinski definition) is 0. The van der Waals surface area contributed by atoms with E-state index in [0.29, 0.717) is 5.69 Å². The zero-order chi connectivity index (χ0) is 18.7. The zero-order valence-corrected chi connectivity index (χ0v) is 20.9. The van der Waals surface area contributed by atoms with Crippen molar-refractivity contribution in [3.8, 4) is 0 Å². The number of benzene rings is 2. The summed E-state index contributed by atoms with van der Waals surface area (Å²) in [4.78, 5) is 0. The van der Waals surface area contributed by atoms with Gasteiger partial charge >= 0.3 is 21.7 Å². The first-order chi connectivity index (χ1) is 11.7. The Bertz CT molecular complexity index is 844. The van der Waals surface area contributed by atoms with Crippen LogP contribution in [0.5, 0.6) is 0 Å². The normalized spacial score (nSPS) is 12.4. The average molecular weight is 452 g/mol. The predicted octanol–water partition coefficient (Wildman–Crippen LogP) is 8.52. The molecule has 0 atom stereocenters. The van der Waals surface area contributed by atoms with Crippen LogP contribution >= 0.6 is 24.8 Å². The first-order valence-electron chi connectivity index (χ1n) is 8.79. The first-order valence-corrected chi connectivity index (χ1v) is 8.79. The fourth-order valence-corrected chi connectivity index (χ4v) is 3.37. The topological polar surface area (TPSA) is 23.8 Å². The minimum absolute atomic E-state index is 0. The maximum atomic E-state index is 7.54. The fraction of sp³-hybridized carbons (Fsp3) is 0.292. The molecule has 0 heterocycles. The molecule has 0 saturated heterocycles. The minimum Gasteiger partial charge on any atom is -0.698 e. The molecule has 28 heavy (non-hydrogen) atoms. The Balaban J connectivity index is 0. The van der Waals surface area contributed by atoms with Crippen molar-refractivity contribution in [3.63, 3.8) is 0 Å². The van der Waals surface area contributed by atoms with E-state index in [-0.39, 0.29) is 46.5 Å². The summed E-state index contributed by atoms with van der Waals surface area (Å²) in [7, 11) is 0. The number of aryl methyl sites for hydroxylation is 3. The van der Waals surface area contributed by atoms with Crippen molar-refractivity contribution in [1.29, 1.82) is 0 Å². The molecule has 1 N–H and O–H groups in total. The van der Waals surface area contributed by atoms with Crippen molar-refractivity contribution < 1.29 is 21.7 Å². The summed E-state index contributed by atoms with van der Waals surface area (Å²) < 4.78 is 0. The smallest absolute Gasteiger partial charge is 0.698 e. The molecule has 0 bridgehead atoms. The summed E-state index contributed by atoms with van der Waals surface area (Å²) in [5.74, 6) is 0. The van der Waals surface area contributed by atoms with E-state index in [1.54, 1.807) is 0 Å². The van der Waals surface area contributed by atoms with Crippen LogP contribution in [0.25, 0.3) is 11.3 Å². The van der Waals surface area contributed by atoms with Crippen molar-refractivity contribution in [2.24, 2.45) is 0 Å². The van der Waals surface area contributed by atoms with Crippen LogP contribution in [-0.4, -0.2) is 0 Å². The maximum Gasteiger partial charge on any atom is 2.00 e. The third kappa shape index (κ3) is 6.74. The predicted molar refractivity (Wildman–Crippen MR) is 126 cm³/mol. The van der Waals surface area contributed by atoms with Crippen LogP contribution in [0.1, 0.15) is 55.0 Å². The van der Waals surface area contributed by atoms with Crippen LogP contribution in [0.4, 0.5) is 5.69 Å². The van der Waals surface area contributed by atoms with Crippen LogP contribution in [0, 0.1) is 27.7 Å². The van der Waals surface area contributed by atoms with Gasteiger partial charge < -0.3 is 5.73 Å². The Kier molecular flexibility index (Phi) is 12.9. The Labute approximate surface area is 198 Å². The van der Waals surface area contributed by atoms with E-state index in [1.165, 1.54) is 33.4 Å². The Morgan fingerprint density at radius 2 is 1.32 bits per heavy atom. The molecular formula is C24H31Cl2NTi. The standard InChI is InChI=1S/C15H17.C9H12N.2ClH.Ti/c1-10-7-5-6-8-14(10)15-9-11(2)12(3)13(15)4;1-6-4-7(2)9(10)8(3)5-6;;;/h5-8H,1,9H2,2-4H3;4-5,10H,1-3H3;2*1H;/q2*-1;;;+2. The Hall–Kier alpha value is -1.12.